The third-order valence-electron chi connectivity index (χ3n) is 1.27. The molecule has 1 rings (SSSR count). The van der Waals surface area contributed by atoms with E-state index in [4.69, 9.17) is 8.22 Å². The third kappa shape index (κ3) is 1.40. The summed E-state index contributed by atoms with van der Waals surface area (Å²) in [6, 6.07) is 1.84. The molecule has 0 atom stereocenters. The normalized spacial score (nSPS) is 20.0. The minimum absolute atomic E-state index is 0.222. The number of phenols is 1. The lowest BCUT2D eigenvalue weighted by Gasteiger charge is -2.02. The van der Waals surface area contributed by atoms with E-state index in [2.05, 4.69) is 0 Å². The molecule has 0 aliphatic rings. The lowest BCUT2D eigenvalue weighted by molar-refractivity contribution is 0.112. The maximum absolute atomic E-state index is 10.7. The number of hydrogen-bond acceptors (Lipinski definition) is 2. The van der Waals surface area contributed by atoms with Crippen LogP contribution >= 0.6 is 0 Å². The maximum atomic E-state index is 10.7. The van der Waals surface area contributed by atoms with Gasteiger partial charge in [-0.1, -0.05) is 6.07 Å². The summed E-state index contributed by atoms with van der Waals surface area (Å²) in [5, 5.41) is 9.54. The van der Waals surface area contributed by atoms with Gasteiger partial charge in [0.2, 0.25) is 0 Å². The van der Waals surface area contributed by atoms with Gasteiger partial charge in [0, 0.05) is 8.22 Å². The number of aryl methyl sites for hydroxylation is 2. The van der Waals surface area contributed by atoms with Crippen LogP contribution in [0.15, 0.2) is 12.1 Å². The Hall–Kier alpha value is -1.31. The van der Waals surface area contributed by atoms with Crippen LogP contribution in [-0.4, -0.2) is 11.4 Å². The van der Waals surface area contributed by atoms with Crippen molar-refractivity contribution < 1.29 is 18.1 Å². The Morgan fingerprint density at radius 2 is 2.36 bits per heavy atom. The SMILES string of the molecule is [2H]C([2H])([2H])c1cc(C=O)c(O)c(C([2H])([2H])[2H])c1. The largest absolute Gasteiger partial charge is 0.507 e. The Balaban J connectivity index is 3.56. The molecule has 2 nitrogen and oxygen atoms in total. The fraction of sp³-hybridized carbons (Fsp3) is 0.222. The van der Waals surface area contributed by atoms with Crippen LogP contribution in [-0.2, 0) is 0 Å². The Morgan fingerprint density at radius 1 is 1.55 bits per heavy atom. The van der Waals surface area contributed by atoms with E-state index >= 15 is 0 Å². The molecule has 0 spiro atoms. The summed E-state index contributed by atoms with van der Waals surface area (Å²) >= 11 is 0. The topological polar surface area (TPSA) is 37.3 Å². The highest BCUT2D eigenvalue weighted by Gasteiger charge is 2.02. The first kappa shape index (κ1) is 2.97. The van der Waals surface area contributed by atoms with Crippen molar-refractivity contribution >= 4 is 6.29 Å². The van der Waals surface area contributed by atoms with Crippen molar-refractivity contribution in [2.45, 2.75) is 13.7 Å². The third-order valence-corrected chi connectivity index (χ3v) is 1.27. The number of benzene rings is 1. The van der Waals surface area contributed by atoms with Gasteiger partial charge in [0.25, 0.3) is 0 Å². The van der Waals surface area contributed by atoms with Crippen LogP contribution in [0.25, 0.3) is 0 Å². The van der Waals surface area contributed by atoms with E-state index < -0.39 is 25.0 Å². The van der Waals surface area contributed by atoms with Gasteiger partial charge in [-0.25, -0.2) is 0 Å². The molecule has 1 N–H and O–H groups in total. The average Bonchev–Trinajstić information content (AvgIpc) is 2.14. The number of carbonyl (C=O) groups is 1. The Labute approximate surface area is 73.9 Å². The molecule has 0 heterocycles. The molecule has 0 radical (unpaired) electrons. The van der Waals surface area contributed by atoms with Crippen molar-refractivity contribution in [1.82, 2.24) is 0 Å². The molecule has 58 valence electrons. The molecule has 0 saturated carbocycles. The predicted octanol–water partition coefficient (Wildman–Crippen LogP) is 1.82. The fourth-order valence-corrected chi connectivity index (χ4v) is 0.747. The first-order valence-corrected chi connectivity index (χ1v) is 2.90. The number of carbonyl (C=O) groups excluding carboxylic acids is 1. The van der Waals surface area contributed by atoms with Crippen LogP contribution in [0.1, 0.15) is 29.7 Å². The summed E-state index contributed by atoms with van der Waals surface area (Å²) < 4.78 is 43.0. The number of rotatable bonds is 1. The van der Waals surface area contributed by atoms with Crippen LogP contribution in [0.2, 0.25) is 0 Å². The lowest BCUT2D eigenvalue weighted by Crippen LogP contribution is -1.86. The summed E-state index contributed by atoms with van der Waals surface area (Å²) in [5.74, 6) is -0.701. The van der Waals surface area contributed by atoms with E-state index in [-0.39, 0.29) is 17.4 Å². The second-order valence-corrected chi connectivity index (χ2v) is 2.08. The van der Waals surface area contributed by atoms with E-state index in [9.17, 15) is 9.90 Å². The van der Waals surface area contributed by atoms with Gasteiger partial charge >= 0.3 is 0 Å². The zero-order valence-electron chi connectivity index (χ0n) is 11.6. The Bertz CT molecular complexity index is 446. The first-order valence-electron chi connectivity index (χ1n) is 5.90. The molecule has 0 unspecified atom stereocenters. The molecule has 0 fully saturated rings. The first-order chi connectivity index (χ1) is 7.57. The molecule has 1 aromatic rings. The number of phenolic OH excluding ortho intramolecular Hbond substituents is 1. The summed E-state index contributed by atoms with van der Waals surface area (Å²) in [5.41, 5.74) is -1.17. The van der Waals surface area contributed by atoms with Crippen molar-refractivity contribution in [3.63, 3.8) is 0 Å². The van der Waals surface area contributed by atoms with Crippen molar-refractivity contribution in [1.29, 1.82) is 0 Å². The molecule has 0 aliphatic carbocycles. The highest BCUT2D eigenvalue weighted by molar-refractivity contribution is 5.80. The van der Waals surface area contributed by atoms with Gasteiger partial charge < -0.3 is 5.11 Å². The number of aldehydes is 1. The summed E-state index contributed by atoms with van der Waals surface area (Å²) in [6.07, 6.45) is 0.222. The molecule has 11 heavy (non-hydrogen) atoms. The maximum Gasteiger partial charge on any atom is 0.153 e. The minimum atomic E-state index is -2.68. The highest BCUT2D eigenvalue weighted by atomic mass is 16.3. The van der Waals surface area contributed by atoms with Gasteiger partial charge in [-0.15, -0.1) is 0 Å². The van der Waals surface area contributed by atoms with Crippen molar-refractivity contribution in [2.75, 3.05) is 0 Å². The molecule has 0 bridgehead atoms. The quantitative estimate of drug-likeness (QED) is 0.630. The van der Waals surface area contributed by atoms with Gasteiger partial charge in [0.05, 0.1) is 5.56 Å². The van der Waals surface area contributed by atoms with Crippen LogP contribution in [0, 0.1) is 13.7 Å². The Kier molecular flexibility index (Phi) is 0.741. The van der Waals surface area contributed by atoms with Crippen LogP contribution in [0.4, 0.5) is 0 Å². The summed E-state index contributed by atoms with van der Waals surface area (Å²) in [4.78, 5) is 10.7. The summed E-state index contributed by atoms with van der Waals surface area (Å²) in [7, 11) is 0. The average molecular weight is 156 g/mol. The van der Waals surface area contributed by atoms with E-state index in [1.54, 1.807) is 0 Å². The van der Waals surface area contributed by atoms with E-state index in [0.717, 1.165) is 12.1 Å². The molecular formula is C9H10O2. The van der Waals surface area contributed by atoms with Crippen LogP contribution in [0.3, 0.4) is 0 Å². The molecule has 0 aliphatic heterocycles. The number of hydrogen-bond donors (Lipinski definition) is 1. The summed E-state index contributed by atoms with van der Waals surface area (Å²) in [6.45, 7) is -5.21. The van der Waals surface area contributed by atoms with Gasteiger partial charge in [-0.2, -0.15) is 0 Å². The van der Waals surface area contributed by atoms with E-state index in [0.29, 0.717) is 0 Å². The standard InChI is InChI=1S/C9H10O2/c1-6-3-7(2)9(11)8(4-6)5-10/h3-5,11H,1-2H3/i1D3,2D3. The second kappa shape index (κ2) is 2.74. The highest BCUT2D eigenvalue weighted by Crippen LogP contribution is 2.21. The predicted molar refractivity (Wildman–Crippen MR) is 43.0 cm³/mol. The smallest absolute Gasteiger partial charge is 0.153 e. The number of aromatic hydroxyl groups is 1. The molecule has 0 saturated heterocycles. The molecule has 2 heteroatoms. The van der Waals surface area contributed by atoms with E-state index in [1.165, 1.54) is 0 Å². The van der Waals surface area contributed by atoms with Crippen molar-refractivity contribution in [2.24, 2.45) is 0 Å². The van der Waals surface area contributed by atoms with Crippen LogP contribution < -0.4 is 0 Å². The minimum Gasteiger partial charge on any atom is -0.507 e. The van der Waals surface area contributed by atoms with Crippen molar-refractivity contribution in [3.05, 3.63) is 28.8 Å². The zero-order valence-corrected chi connectivity index (χ0v) is 5.59. The second-order valence-electron chi connectivity index (χ2n) is 2.08. The van der Waals surface area contributed by atoms with Crippen molar-refractivity contribution in [3.8, 4) is 5.75 Å². The van der Waals surface area contributed by atoms with Crippen LogP contribution in [0.5, 0.6) is 5.75 Å². The molecular weight excluding hydrogens is 140 g/mol. The van der Waals surface area contributed by atoms with Gasteiger partial charge in [0.1, 0.15) is 5.75 Å². The molecule has 0 amide bonds. The fourth-order valence-electron chi connectivity index (χ4n) is 0.747. The van der Waals surface area contributed by atoms with E-state index in [1.807, 2.05) is 0 Å². The monoisotopic (exact) mass is 156 g/mol. The molecule has 0 aromatic heterocycles. The zero-order chi connectivity index (χ0) is 13.4. The lowest BCUT2D eigenvalue weighted by atomic mass is 10.1. The van der Waals surface area contributed by atoms with Gasteiger partial charge in [-0.3, -0.25) is 4.79 Å². The molecule has 1 aromatic carbocycles. The van der Waals surface area contributed by atoms with Gasteiger partial charge in [-0.05, 0) is 30.9 Å². The van der Waals surface area contributed by atoms with Gasteiger partial charge in [0.15, 0.2) is 6.29 Å². The Morgan fingerprint density at radius 3 is 2.91 bits per heavy atom.